The molecular weight excluding hydrogens is 264 g/mol. The zero-order valence-electron chi connectivity index (χ0n) is 13.0. The van der Waals surface area contributed by atoms with Crippen molar-refractivity contribution < 1.29 is 9.53 Å². The number of hydrogen-bond acceptors (Lipinski definition) is 3. The van der Waals surface area contributed by atoms with E-state index >= 15 is 0 Å². The van der Waals surface area contributed by atoms with E-state index in [-0.39, 0.29) is 5.91 Å². The van der Waals surface area contributed by atoms with E-state index in [1.54, 1.807) is 12.1 Å². The maximum atomic E-state index is 12.1. The van der Waals surface area contributed by atoms with Crippen molar-refractivity contribution in [2.24, 2.45) is 11.8 Å². The van der Waals surface area contributed by atoms with Gasteiger partial charge in [0.05, 0.1) is 13.0 Å². The van der Waals surface area contributed by atoms with Gasteiger partial charge in [-0.15, -0.1) is 0 Å². The highest BCUT2D eigenvalue weighted by Crippen LogP contribution is 2.24. The predicted octanol–water partition coefficient (Wildman–Crippen LogP) is 2.93. The van der Waals surface area contributed by atoms with E-state index in [1.165, 1.54) is 0 Å². The van der Waals surface area contributed by atoms with Gasteiger partial charge in [0, 0.05) is 18.8 Å². The summed E-state index contributed by atoms with van der Waals surface area (Å²) in [7, 11) is 0. The van der Waals surface area contributed by atoms with Gasteiger partial charge in [-0.25, -0.2) is 0 Å². The van der Waals surface area contributed by atoms with E-state index in [9.17, 15) is 4.79 Å². The molecule has 0 unspecified atom stereocenters. The van der Waals surface area contributed by atoms with Gasteiger partial charge < -0.3 is 15.4 Å². The molecule has 0 radical (unpaired) electrons. The first-order valence-electron chi connectivity index (χ1n) is 7.82. The molecule has 0 spiro atoms. The molecule has 1 heterocycles. The zero-order valence-corrected chi connectivity index (χ0v) is 13.0. The molecule has 4 heteroatoms. The van der Waals surface area contributed by atoms with Gasteiger partial charge in [-0.1, -0.05) is 13.8 Å². The van der Waals surface area contributed by atoms with Crippen LogP contribution in [0.3, 0.4) is 0 Å². The standard InChI is InChI=1S/C17H26N2O2/c1-13(2)14-7-10-19(11-8-14)17(20)9-12-21-16-5-3-15(18)4-6-16/h3-6,13-14H,7-12,18H2,1-2H3. The van der Waals surface area contributed by atoms with E-state index in [2.05, 4.69) is 13.8 Å². The first-order chi connectivity index (χ1) is 10.1. The number of nitrogen functional groups attached to an aromatic ring is 1. The second-order valence-corrected chi connectivity index (χ2v) is 6.13. The highest BCUT2D eigenvalue weighted by atomic mass is 16.5. The van der Waals surface area contributed by atoms with Crippen molar-refractivity contribution in [2.75, 3.05) is 25.4 Å². The van der Waals surface area contributed by atoms with Crippen molar-refractivity contribution in [1.82, 2.24) is 4.90 Å². The Labute approximate surface area is 127 Å². The molecule has 0 aliphatic carbocycles. The molecular formula is C17H26N2O2. The van der Waals surface area contributed by atoms with Gasteiger partial charge in [0.1, 0.15) is 5.75 Å². The molecule has 1 fully saturated rings. The largest absolute Gasteiger partial charge is 0.493 e. The molecule has 0 atom stereocenters. The Morgan fingerprint density at radius 1 is 1.29 bits per heavy atom. The van der Waals surface area contributed by atoms with Crippen molar-refractivity contribution in [3.63, 3.8) is 0 Å². The number of carbonyl (C=O) groups is 1. The van der Waals surface area contributed by atoms with Crippen LogP contribution in [0.15, 0.2) is 24.3 Å². The molecule has 21 heavy (non-hydrogen) atoms. The number of carbonyl (C=O) groups excluding carboxylic acids is 1. The molecule has 1 aliphatic heterocycles. The lowest BCUT2D eigenvalue weighted by atomic mass is 9.86. The van der Waals surface area contributed by atoms with Crippen LogP contribution >= 0.6 is 0 Å². The first-order valence-corrected chi connectivity index (χ1v) is 7.82. The van der Waals surface area contributed by atoms with Crippen LogP contribution in [-0.2, 0) is 4.79 Å². The fourth-order valence-electron chi connectivity index (χ4n) is 2.79. The van der Waals surface area contributed by atoms with Crippen LogP contribution < -0.4 is 10.5 Å². The molecule has 4 nitrogen and oxygen atoms in total. The third kappa shape index (κ3) is 4.66. The van der Waals surface area contributed by atoms with Crippen molar-refractivity contribution >= 4 is 11.6 Å². The minimum absolute atomic E-state index is 0.202. The lowest BCUT2D eigenvalue weighted by Crippen LogP contribution is -2.40. The lowest BCUT2D eigenvalue weighted by Gasteiger charge is -2.33. The van der Waals surface area contributed by atoms with Crippen molar-refractivity contribution in [1.29, 1.82) is 0 Å². The number of likely N-dealkylation sites (tertiary alicyclic amines) is 1. The van der Waals surface area contributed by atoms with Crippen LogP contribution in [0.1, 0.15) is 33.1 Å². The summed E-state index contributed by atoms with van der Waals surface area (Å²) in [5, 5.41) is 0. The molecule has 1 amide bonds. The molecule has 0 saturated carbocycles. The topological polar surface area (TPSA) is 55.6 Å². The van der Waals surface area contributed by atoms with Crippen LogP contribution in [0.5, 0.6) is 5.75 Å². The Morgan fingerprint density at radius 3 is 2.48 bits per heavy atom. The van der Waals surface area contributed by atoms with Crippen molar-refractivity contribution in [3.8, 4) is 5.75 Å². The zero-order chi connectivity index (χ0) is 15.2. The number of nitrogens with two attached hydrogens (primary N) is 1. The maximum absolute atomic E-state index is 12.1. The van der Waals surface area contributed by atoms with Crippen LogP contribution in [-0.4, -0.2) is 30.5 Å². The number of benzene rings is 1. The van der Waals surface area contributed by atoms with E-state index in [0.717, 1.165) is 43.5 Å². The van der Waals surface area contributed by atoms with Crippen LogP contribution in [0.25, 0.3) is 0 Å². The summed E-state index contributed by atoms with van der Waals surface area (Å²) >= 11 is 0. The second-order valence-electron chi connectivity index (χ2n) is 6.13. The van der Waals surface area contributed by atoms with Gasteiger partial charge in [0.2, 0.25) is 5.91 Å². The summed E-state index contributed by atoms with van der Waals surface area (Å²) in [5.74, 6) is 2.44. The average molecular weight is 290 g/mol. The van der Waals surface area contributed by atoms with Gasteiger partial charge in [0.15, 0.2) is 0 Å². The van der Waals surface area contributed by atoms with Crippen molar-refractivity contribution in [3.05, 3.63) is 24.3 Å². The Balaban J connectivity index is 1.69. The maximum Gasteiger partial charge on any atom is 0.225 e. The molecule has 116 valence electrons. The summed E-state index contributed by atoms with van der Waals surface area (Å²) in [6, 6.07) is 7.25. The number of ether oxygens (including phenoxy) is 1. The van der Waals surface area contributed by atoms with Gasteiger partial charge in [-0.05, 0) is 48.9 Å². The minimum atomic E-state index is 0.202. The fraction of sp³-hybridized carbons (Fsp3) is 0.588. The lowest BCUT2D eigenvalue weighted by molar-refractivity contribution is -0.133. The van der Waals surface area contributed by atoms with Crippen LogP contribution in [0.4, 0.5) is 5.69 Å². The monoisotopic (exact) mass is 290 g/mol. The normalized spacial score (nSPS) is 16.2. The number of rotatable bonds is 5. The Morgan fingerprint density at radius 2 is 1.90 bits per heavy atom. The first kappa shape index (κ1) is 15.7. The van der Waals surface area contributed by atoms with E-state index in [0.29, 0.717) is 18.7 Å². The minimum Gasteiger partial charge on any atom is -0.493 e. The molecule has 1 aromatic rings. The second kappa shape index (κ2) is 7.34. The highest BCUT2D eigenvalue weighted by molar-refractivity contribution is 5.76. The summed E-state index contributed by atoms with van der Waals surface area (Å²) < 4.78 is 5.58. The number of hydrogen-bond donors (Lipinski definition) is 1. The predicted molar refractivity (Wildman–Crippen MR) is 85.1 cm³/mol. The average Bonchev–Trinajstić information content (AvgIpc) is 2.49. The van der Waals surface area contributed by atoms with Crippen LogP contribution in [0, 0.1) is 11.8 Å². The summed E-state index contributed by atoms with van der Waals surface area (Å²) in [6.45, 7) is 6.74. The Kier molecular flexibility index (Phi) is 5.48. The quantitative estimate of drug-likeness (QED) is 0.848. The van der Waals surface area contributed by atoms with Gasteiger partial charge >= 0.3 is 0 Å². The van der Waals surface area contributed by atoms with Gasteiger partial charge in [-0.2, -0.15) is 0 Å². The van der Waals surface area contributed by atoms with Gasteiger partial charge in [-0.3, -0.25) is 4.79 Å². The van der Waals surface area contributed by atoms with Crippen molar-refractivity contribution in [2.45, 2.75) is 33.1 Å². The fourth-order valence-corrected chi connectivity index (χ4v) is 2.79. The van der Waals surface area contributed by atoms with Crippen LogP contribution in [0.2, 0.25) is 0 Å². The van der Waals surface area contributed by atoms with E-state index in [1.807, 2.05) is 17.0 Å². The number of anilines is 1. The molecule has 2 rings (SSSR count). The third-order valence-electron chi connectivity index (χ3n) is 4.30. The molecule has 2 N–H and O–H groups in total. The Hall–Kier alpha value is -1.71. The van der Waals surface area contributed by atoms with E-state index < -0.39 is 0 Å². The smallest absolute Gasteiger partial charge is 0.225 e. The SMILES string of the molecule is CC(C)C1CCN(C(=O)CCOc2ccc(N)cc2)CC1. The molecule has 1 aromatic carbocycles. The summed E-state index contributed by atoms with van der Waals surface area (Å²) in [6.07, 6.45) is 2.70. The number of amides is 1. The Bertz CT molecular complexity index is 448. The summed E-state index contributed by atoms with van der Waals surface area (Å²) in [4.78, 5) is 14.1. The highest BCUT2D eigenvalue weighted by Gasteiger charge is 2.24. The van der Waals surface area contributed by atoms with E-state index in [4.69, 9.17) is 10.5 Å². The molecule has 1 saturated heterocycles. The number of nitrogens with zero attached hydrogens (tertiary/aromatic N) is 1. The third-order valence-corrected chi connectivity index (χ3v) is 4.30. The molecule has 0 aromatic heterocycles. The molecule has 0 bridgehead atoms. The number of piperidine rings is 1. The van der Waals surface area contributed by atoms with Gasteiger partial charge in [0.25, 0.3) is 0 Å². The molecule has 1 aliphatic rings. The summed E-state index contributed by atoms with van der Waals surface area (Å²) in [5.41, 5.74) is 6.33.